The van der Waals surface area contributed by atoms with Crippen LogP contribution in [-0.2, 0) is 14.4 Å². The van der Waals surface area contributed by atoms with Gasteiger partial charge in [-0.25, -0.2) is 0 Å². The second kappa shape index (κ2) is 4.83. The van der Waals surface area contributed by atoms with Crippen LogP contribution in [-0.4, -0.2) is 40.7 Å². The van der Waals surface area contributed by atoms with E-state index < -0.39 is 23.4 Å². The van der Waals surface area contributed by atoms with Gasteiger partial charge in [0.15, 0.2) is 0 Å². The molecule has 1 rings (SSSR count). The van der Waals surface area contributed by atoms with Gasteiger partial charge in [0.2, 0.25) is 11.8 Å². The second-order valence-electron chi connectivity index (χ2n) is 4.76. The average molecular weight is 241 g/mol. The highest BCUT2D eigenvalue weighted by Gasteiger charge is 2.44. The Bertz CT molecular complexity index is 352. The normalized spacial score (nSPS) is 21.1. The number of hydrogen-bond acceptors (Lipinski definition) is 4. The first-order valence-corrected chi connectivity index (χ1v) is 5.72. The number of rotatable bonds is 3. The molecule has 1 fully saturated rings. The molecule has 17 heavy (non-hydrogen) atoms. The first kappa shape index (κ1) is 13.6. The van der Waals surface area contributed by atoms with Gasteiger partial charge in [0.05, 0.1) is 6.04 Å². The Labute approximate surface area is 101 Å². The van der Waals surface area contributed by atoms with Crippen LogP contribution in [0.4, 0.5) is 0 Å². The molecule has 96 valence electrons. The van der Waals surface area contributed by atoms with Gasteiger partial charge in [0.1, 0.15) is 12.1 Å². The third kappa shape index (κ3) is 2.63. The largest absolute Gasteiger partial charge is 0.320 e. The standard InChI is InChI=1S/C11H19N3O3/c1-4-5-7(12)9(16)14-6-8(15)13-10(17)11(14,2)3/h7H,4-6,12H2,1-3H3,(H,13,15,17)/t7-/m1/s1. The van der Waals surface area contributed by atoms with Crippen molar-refractivity contribution in [2.75, 3.05) is 6.54 Å². The highest BCUT2D eigenvalue weighted by atomic mass is 16.2. The van der Waals surface area contributed by atoms with Gasteiger partial charge in [-0.3, -0.25) is 19.7 Å². The van der Waals surface area contributed by atoms with Gasteiger partial charge in [-0.15, -0.1) is 0 Å². The van der Waals surface area contributed by atoms with Gasteiger partial charge < -0.3 is 10.6 Å². The number of amides is 3. The van der Waals surface area contributed by atoms with Crippen LogP contribution in [0.15, 0.2) is 0 Å². The lowest BCUT2D eigenvalue weighted by Crippen LogP contribution is -2.67. The molecule has 6 heteroatoms. The predicted molar refractivity (Wildman–Crippen MR) is 61.8 cm³/mol. The van der Waals surface area contributed by atoms with Crippen LogP contribution in [0.1, 0.15) is 33.6 Å². The number of nitrogens with one attached hydrogen (secondary N) is 1. The summed E-state index contributed by atoms with van der Waals surface area (Å²) in [7, 11) is 0. The van der Waals surface area contributed by atoms with E-state index >= 15 is 0 Å². The summed E-state index contributed by atoms with van der Waals surface area (Å²) in [5.74, 6) is -1.28. The molecule has 1 aliphatic rings. The van der Waals surface area contributed by atoms with Crippen molar-refractivity contribution < 1.29 is 14.4 Å². The molecule has 0 radical (unpaired) electrons. The minimum absolute atomic E-state index is 0.116. The van der Waals surface area contributed by atoms with Crippen molar-refractivity contribution in [1.29, 1.82) is 0 Å². The molecule has 0 aliphatic carbocycles. The number of nitrogens with zero attached hydrogens (tertiary/aromatic N) is 1. The maximum Gasteiger partial charge on any atom is 0.252 e. The molecule has 1 atom stereocenters. The fraction of sp³-hybridized carbons (Fsp3) is 0.727. The van der Waals surface area contributed by atoms with E-state index in [1.54, 1.807) is 13.8 Å². The van der Waals surface area contributed by atoms with Gasteiger partial charge in [0, 0.05) is 0 Å². The maximum atomic E-state index is 12.1. The molecule has 3 amide bonds. The van der Waals surface area contributed by atoms with Crippen molar-refractivity contribution in [2.24, 2.45) is 5.73 Å². The lowest BCUT2D eigenvalue weighted by molar-refractivity contribution is -0.156. The van der Waals surface area contributed by atoms with E-state index in [-0.39, 0.29) is 12.5 Å². The van der Waals surface area contributed by atoms with Crippen molar-refractivity contribution >= 4 is 17.7 Å². The van der Waals surface area contributed by atoms with Gasteiger partial charge in [-0.2, -0.15) is 0 Å². The third-order valence-corrected chi connectivity index (χ3v) is 2.97. The van der Waals surface area contributed by atoms with Crippen molar-refractivity contribution in [3.63, 3.8) is 0 Å². The van der Waals surface area contributed by atoms with E-state index in [9.17, 15) is 14.4 Å². The third-order valence-electron chi connectivity index (χ3n) is 2.97. The van der Waals surface area contributed by atoms with Crippen LogP contribution in [0.2, 0.25) is 0 Å². The van der Waals surface area contributed by atoms with E-state index in [0.29, 0.717) is 6.42 Å². The zero-order valence-electron chi connectivity index (χ0n) is 10.4. The number of nitrogens with two attached hydrogens (primary N) is 1. The molecular formula is C11H19N3O3. The number of hydrogen-bond donors (Lipinski definition) is 2. The summed E-state index contributed by atoms with van der Waals surface area (Å²) < 4.78 is 0. The van der Waals surface area contributed by atoms with Crippen molar-refractivity contribution in [3.8, 4) is 0 Å². The van der Waals surface area contributed by atoms with E-state index in [1.165, 1.54) is 4.90 Å². The Morgan fingerprint density at radius 1 is 1.53 bits per heavy atom. The fourth-order valence-corrected chi connectivity index (χ4v) is 1.77. The summed E-state index contributed by atoms with van der Waals surface area (Å²) in [4.78, 5) is 36.3. The quantitative estimate of drug-likeness (QED) is 0.644. The molecule has 1 aliphatic heterocycles. The monoisotopic (exact) mass is 241 g/mol. The van der Waals surface area contributed by atoms with Crippen LogP contribution in [0.25, 0.3) is 0 Å². The number of carbonyl (C=O) groups excluding carboxylic acids is 3. The average Bonchev–Trinajstić information content (AvgIpc) is 2.23. The molecule has 1 heterocycles. The molecule has 6 nitrogen and oxygen atoms in total. The predicted octanol–water partition coefficient (Wildman–Crippen LogP) is -0.623. The van der Waals surface area contributed by atoms with Crippen molar-refractivity contribution in [2.45, 2.75) is 45.2 Å². The second-order valence-corrected chi connectivity index (χ2v) is 4.76. The minimum Gasteiger partial charge on any atom is -0.320 e. The zero-order chi connectivity index (χ0) is 13.2. The Morgan fingerprint density at radius 2 is 2.12 bits per heavy atom. The molecule has 0 saturated carbocycles. The summed E-state index contributed by atoms with van der Waals surface area (Å²) in [5, 5.41) is 2.21. The number of imide groups is 1. The van der Waals surface area contributed by atoms with E-state index in [1.807, 2.05) is 6.92 Å². The Hall–Kier alpha value is -1.43. The lowest BCUT2D eigenvalue weighted by atomic mass is 9.97. The molecule has 0 aromatic heterocycles. The lowest BCUT2D eigenvalue weighted by Gasteiger charge is -2.41. The SMILES string of the molecule is CCC[C@@H](N)C(=O)N1CC(=O)NC(=O)C1(C)C. The Morgan fingerprint density at radius 3 is 2.65 bits per heavy atom. The van der Waals surface area contributed by atoms with E-state index in [4.69, 9.17) is 5.73 Å². The summed E-state index contributed by atoms with van der Waals surface area (Å²) in [6.45, 7) is 5.01. The number of carbonyl (C=O) groups is 3. The summed E-state index contributed by atoms with van der Waals surface area (Å²) in [6, 6.07) is -0.655. The maximum absolute atomic E-state index is 12.1. The van der Waals surface area contributed by atoms with Gasteiger partial charge in [0.25, 0.3) is 5.91 Å². The van der Waals surface area contributed by atoms with Crippen LogP contribution in [0, 0.1) is 0 Å². The Balaban J connectivity index is 2.90. The van der Waals surface area contributed by atoms with Crippen LogP contribution in [0.5, 0.6) is 0 Å². The van der Waals surface area contributed by atoms with Gasteiger partial charge >= 0.3 is 0 Å². The minimum atomic E-state index is -1.03. The first-order chi connectivity index (χ1) is 7.80. The van der Waals surface area contributed by atoms with Crippen molar-refractivity contribution in [1.82, 2.24) is 10.2 Å². The smallest absolute Gasteiger partial charge is 0.252 e. The van der Waals surface area contributed by atoms with Gasteiger partial charge in [-0.1, -0.05) is 13.3 Å². The van der Waals surface area contributed by atoms with E-state index in [0.717, 1.165) is 6.42 Å². The topological polar surface area (TPSA) is 92.5 Å². The fourth-order valence-electron chi connectivity index (χ4n) is 1.77. The first-order valence-electron chi connectivity index (χ1n) is 5.72. The van der Waals surface area contributed by atoms with Crippen molar-refractivity contribution in [3.05, 3.63) is 0 Å². The van der Waals surface area contributed by atoms with Gasteiger partial charge in [-0.05, 0) is 20.3 Å². The van der Waals surface area contributed by atoms with Crippen LogP contribution < -0.4 is 11.1 Å². The Kier molecular flexibility index (Phi) is 3.87. The molecule has 3 N–H and O–H groups in total. The summed E-state index contributed by atoms with van der Waals surface area (Å²) in [6.07, 6.45) is 1.32. The van der Waals surface area contributed by atoms with Crippen LogP contribution in [0.3, 0.4) is 0 Å². The highest BCUT2D eigenvalue weighted by Crippen LogP contribution is 2.19. The summed E-state index contributed by atoms with van der Waals surface area (Å²) >= 11 is 0. The molecule has 1 saturated heterocycles. The highest BCUT2D eigenvalue weighted by molar-refractivity contribution is 6.06. The van der Waals surface area contributed by atoms with Crippen LogP contribution >= 0.6 is 0 Å². The molecule has 0 aromatic rings. The molecule has 0 aromatic carbocycles. The zero-order valence-corrected chi connectivity index (χ0v) is 10.4. The molecule has 0 bridgehead atoms. The molecule has 0 unspecified atom stereocenters. The number of piperazine rings is 1. The molecule has 0 spiro atoms. The van der Waals surface area contributed by atoms with E-state index in [2.05, 4.69) is 5.32 Å². The summed E-state index contributed by atoms with van der Waals surface area (Å²) in [5.41, 5.74) is 4.70. The molecular weight excluding hydrogens is 222 g/mol.